The molecule has 0 unspecified atom stereocenters. The first-order valence-corrected chi connectivity index (χ1v) is 34.5. The van der Waals surface area contributed by atoms with Crippen molar-refractivity contribution in [1.29, 1.82) is 0 Å². The summed E-state index contributed by atoms with van der Waals surface area (Å²) in [4.78, 5) is 0. The zero-order chi connectivity index (χ0) is 46.0. The molecule has 0 saturated heterocycles. The van der Waals surface area contributed by atoms with Crippen LogP contribution in [-0.4, -0.2) is 13.2 Å². The van der Waals surface area contributed by atoms with Gasteiger partial charge in [0, 0.05) is 22.0 Å². The summed E-state index contributed by atoms with van der Waals surface area (Å²) in [5, 5.41) is 0. The highest BCUT2D eigenvalue weighted by atomic mass is 127. The van der Waals surface area contributed by atoms with Gasteiger partial charge in [-0.1, -0.05) is 361 Å². The lowest BCUT2D eigenvalue weighted by Gasteiger charge is -2.11. The zero-order valence-electron chi connectivity index (χ0n) is 44.7. The van der Waals surface area contributed by atoms with Crippen LogP contribution in [0.15, 0.2) is 0 Å². The van der Waals surface area contributed by atoms with Gasteiger partial charge in [-0.15, -0.1) is 0 Å². The van der Waals surface area contributed by atoms with Gasteiger partial charge in [0.2, 0.25) is 6.02 Å². The van der Waals surface area contributed by atoms with E-state index in [0.717, 1.165) is 13.2 Å². The quantitative estimate of drug-likeness (QED) is 0.0343. The highest BCUT2D eigenvalue weighted by molar-refractivity contribution is 14.2. The van der Waals surface area contributed by atoms with Gasteiger partial charge in [0.15, 0.2) is 0 Å². The summed E-state index contributed by atoms with van der Waals surface area (Å²) >= 11 is 2.39. The summed E-state index contributed by atoms with van der Waals surface area (Å²) in [5.74, 6) is 0. The number of rotatable bonds is 60. The summed E-state index contributed by atoms with van der Waals surface area (Å²) in [6.07, 6.45) is 81.1. The lowest BCUT2D eigenvalue weighted by Crippen LogP contribution is -1.93. The van der Waals surface area contributed by atoms with E-state index in [-0.39, 0.29) is 0 Å². The van der Waals surface area contributed by atoms with E-state index in [1.54, 1.807) is 0 Å². The maximum absolute atomic E-state index is 5.99. The normalized spacial score (nSPS) is 11.8. The number of hydrogen-bond donors (Lipinski definition) is 0. The molecule has 0 aliphatic carbocycles. The van der Waals surface area contributed by atoms with Gasteiger partial charge in [0.25, 0.3) is 0 Å². The molecule has 0 atom stereocenters. The highest BCUT2D eigenvalue weighted by Crippen LogP contribution is 2.47. The van der Waals surface area contributed by atoms with Crippen molar-refractivity contribution in [1.82, 2.24) is 0 Å². The number of unbranched alkanes of at least 4 members (excludes halogenated alkanes) is 54. The van der Waals surface area contributed by atoms with Crippen molar-refractivity contribution in [2.45, 2.75) is 373 Å². The lowest BCUT2D eigenvalue weighted by molar-refractivity contribution is 0.254. The summed E-state index contributed by atoms with van der Waals surface area (Å²) < 4.78 is 12.0. The van der Waals surface area contributed by atoms with Crippen molar-refractivity contribution >= 4 is 28.1 Å². The van der Waals surface area contributed by atoms with Gasteiger partial charge in [0.05, 0.1) is 13.2 Å². The molecule has 0 fully saturated rings. The maximum atomic E-state index is 5.99. The van der Waals surface area contributed by atoms with Crippen LogP contribution < -0.4 is 0 Å². The van der Waals surface area contributed by atoms with Crippen LogP contribution in [-0.2, 0) is 9.05 Å². The Labute approximate surface area is 421 Å². The van der Waals surface area contributed by atoms with Crippen LogP contribution in [0.4, 0.5) is 0 Å². The van der Waals surface area contributed by atoms with Crippen LogP contribution in [0.1, 0.15) is 373 Å². The van der Waals surface area contributed by atoms with Crippen molar-refractivity contribution in [3.63, 3.8) is 0 Å². The molecule has 0 aromatic heterocycles. The molecule has 0 amide bonds. The maximum Gasteiger partial charge on any atom is 0.239 e. The van der Waals surface area contributed by atoms with Gasteiger partial charge < -0.3 is 9.05 Å². The van der Waals surface area contributed by atoms with Crippen molar-refractivity contribution < 1.29 is 9.05 Å². The van der Waals surface area contributed by atoms with Crippen molar-refractivity contribution in [3.8, 4) is 0 Å². The van der Waals surface area contributed by atoms with Gasteiger partial charge >= 0.3 is 0 Å². The fourth-order valence-electron chi connectivity index (χ4n) is 9.85. The molecule has 0 radical (unpaired) electrons. The third kappa shape index (κ3) is 61.1. The first-order valence-electron chi connectivity index (χ1n) is 30.5. The zero-order valence-corrected chi connectivity index (χ0v) is 47.7. The second-order valence-electron chi connectivity index (χ2n) is 21.0. The molecule has 64 heavy (non-hydrogen) atoms. The molecule has 0 aromatic rings. The molecule has 2 nitrogen and oxygen atoms in total. The molecule has 0 rings (SSSR count). The molecular weight excluding hydrogens is 911 g/mol. The minimum absolute atomic E-state index is 0.712. The monoisotopic (exact) mass is 1030 g/mol. The molecule has 0 aliphatic heterocycles. The van der Waals surface area contributed by atoms with E-state index in [9.17, 15) is 0 Å². The molecule has 0 aliphatic rings. The molecule has 0 saturated carbocycles. The highest BCUT2D eigenvalue weighted by Gasteiger charge is 2.05. The van der Waals surface area contributed by atoms with Crippen LogP contribution in [0.5, 0.6) is 0 Å². The van der Waals surface area contributed by atoms with Crippen LogP contribution in [0.3, 0.4) is 0 Å². The molecule has 4 heteroatoms. The Morgan fingerprint density at radius 1 is 0.188 bits per heavy atom. The Balaban J connectivity index is 3.14. The topological polar surface area (TPSA) is 18.5 Å². The van der Waals surface area contributed by atoms with E-state index >= 15 is 0 Å². The third-order valence-corrected chi connectivity index (χ3v) is 16.8. The largest absolute Gasteiger partial charge is 0.327 e. The summed E-state index contributed by atoms with van der Waals surface area (Å²) in [6.45, 7) is 6.39. The van der Waals surface area contributed by atoms with E-state index in [4.69, 9.17) is 9.05 Å². The van der Waals surface area contributed by atoms with Gasteiger partial charge in [-0.2, -0.15) is 0 Å². The van der Waals surface area contributed by atoms with Crippen LogP contribution >= 0.6 is 28.1 Å². The number of hydrogen-bond acceptors (Lipinski definition) is 2. The second kappa shape index (κ2) is 62.1. The molecule has 0 aromatic carbocycles. The Hall–Kier alpha value is 1.08. The molecule has 386 valence electrons. The van der Waals surface area contributed by atoms with Crippen LogP contribution in [0.2, 0.25) is 0 Å². The van der Waals surface area contributed by atoms with Gasteiger partial charge in [-0.05, 0) is 12.8 Å². The molecule has 0 heterocycles. The van der Waals surface area contributed by atoms with E-state index in [1.807, 2.05) is 0 Å². The van der Waals surface area contributed by atoms with Gasteiger partial charge in [-0.3, -0.25) is 0 Å². The van der Waals surface area contributed by atoms with Gasteiger partial charge in [0.1, 0.15) is 0 Å². The predicted molar refractivity (Wildman–Crippen MR) is 303 cm³/mol. The van der Waals surface area contributed by atoms with Gasteiger partial charge in [-0.25, -0.2) is 0 Å². The Bertz CT molecular complexity index is 719. The van der Waals surface area contributed by atoms with Crippen molar-refractivity contribution in [3.05, 3.63) is 0 Å². The standard InChI is InChI=1S/C60H122IO2P/c1-3-5-7-9-11-13-15-17-19-21-23-25-27-29-31-33-35-37-39-41-43-45-47-49-51-53-55-57-59-62-64(61)63-60-58-56-54-52-50-48-46-44-42-40-38-36-34-32-30-28-26-24-22-20-18-16-14-12-10-8-6-4-2/h3-60H2,1-2H3. The first-order chi connectivity index (χ1) is 31.8. The summed E-state index contributed by atoms with van der Waals surface area (Å²) in [6, 6.07) is -0.712. The van der Waals surface area contributed by atoms with E-state index in [0.29, 0.717) is 0 Å². The van der Waals surface area contributed by atoms with Crippen LogP contribution in [0.25, 0.3) is 0 Å². The Kier molecular flexibility index (Phi) is 63.1. The fourth-order valence-corrected chi connectivity index (χ4v) is 11.7. The van der Waals surface area contributed by atoms with Crippen molar-refractivity contribution in [2.75, 3.05) is 13.2 Å². The lowest BCUT2D eigenvalue weighted by atomic mass is 10.0. The van der Waals surface area contributed by atoms with Crippen molar-refractivity contribution in [2.24, 2.45) is 0 Å². The van der Waals surface area contributed by atoms with Crippen LogP contribution in [0, 0.1) is 0 Å². The minimum Gasteiger partial charge on any atom is -0.327 e. The fraction of sp³-hybridized carbons (Fsp3) is 1.00. The average Bonchev–Trinajstić information content (AvgIpc) is 3.30. The van der Waals surface area contributed by atoms with E-state index < -0.39 is 6.02 Å². The molecule has 0 bridgehead atoms. The van der Waals surface area contributed by atoms with E-state index in [2.05, 4.69) is 35.9 Å². The smallest absolute Gasteiger partial charge is 0.239 e. The molecule has 0 N–H and O–H groups in total. The number of halogens is 1. The Morgan fingerprint density at radius 3 is 0.422 bits per heavy atom. The molecule has 0 spiro atoms. The molecular formula is C60H122IO2P. The summed E-state index contributed by atoms with van der Waals surface area (Å²) in [7, 11) is 0. The first kappa shape index (κ1) is 65.1. The third-order valence-electron chi connectivity index (χ3n) is 14.4. The van der Waals surface area contributed by atoms with E-state index in [1.165, 1.54) is 360 Å². The SMILES string of the molecule is CCCCCCCCCCCCCCCCCCCCCCCCCCCCCCOP(I)OCCCCCCCCCCCCCCCCCCCCCCCCCCCCCC. The average molecular weight is 1030 g/mol. The predicted octanol–water partition coefficient (Wildman–Crippen LogP) is 24.6. The summed E-state index contributed by atoms with van der Waals surface area (Å²) in [5.41, 5.74) is 0. The second-order valence-corrected chi connectivity index (χ2v) is 24.3. The Morgan fingerprint density at radius 2 is 0.297 bits per heavy atom. The minimum atomic E-state index is -0.712.